The van der Waals surface area contributed by atoms with E-state index < -0.39 is 0 Å². The fourth-order valence-corrected chi connectivity index (χ4v) is 1.07. The van der Waals surface area contributed by atoms with E-state index in [1.807, 2.05) is 6.20 Å². The van der Waals surface area contributed by atoms with Crippen molar-refractivity contribution in [3.63, 3.8) is 0 Å². The SMILES string of the molecule is COc1cnc(NCc2cn[nH]c2)nc1. The maximum atomic E-state index is 4.95. The minimum Gasteiger partial charge on any atom is -0.494 e. The van der Waals surface area contributed by atoms with E-state index >= 15 is 0 Å². The van der Waals surface area contributed by atoms with Gasteiger partial charge in [-0.25, -0.2) is 9.97 Å². The fourth-order valence-electron chi connectivity index (χ4n) is 1.07. The van der Waals surface area contributed by atoms with Gasteiger partial charge in [0, 0.05) is 18.3 Å². The Labute approximate surface area is 86.7 Å². The molecule has 2 aromatic rings. The van der Waals surface area contributed by atoms with Crippen molar-refractivity contribution in [2.24, 2.45) is 0 Å². The van der Waals surface area contributed by atoms with E-state index in [-0.39, 0.29) is 0 Å². The van der Waals surface area contributed by atoms with Crippen molar-refractivity contribution < 1.29 is 4.74 Å². The third kappa shape index (κ3) is 2.43. The van der Waals surface area contributed by atoms with Crippen molar-refractivity contribution in [2.75, 3.05) is 12.4 Å². The van der Waals surface area contributed by atoms with Gasteiger partial charge in [0.25, 0.3) is 0 Å². The Morgan fingerprint density at radius 3 is 2.73 bits per heavy atom. The summed E-state index contributed by atoms with van der Waals surface area (Å²) in [7, 11) is 1.58. The molecule has 0 saturated carbocycles. The second kappa shape index (κ2) is 4.41. The molecule has 0 aliphatic carbocycles. The van der Waals surface area contributed by atoms with E-state index in [0.29, 0.717) is 18.2 Å². The van der Waals surface area contributed by atoms with Crippen LogP contribution >= 0.6 is 0 Å². The topological polar surface area (TPSA) is 75.7 Å². The summed E-state index contributed by atoms with van der Waals surface area (Å²) >= 11 is 0. The fraction of sp³-hybridized carbons (Fsp3) is 0.222. The molecule has 0 atom stereocenters. The molecule has 0 amide bonds. The summed E-state index contributed by atoms with van der Waals surface area (Å²) in [4.78, 5) is 8.14. The molecule has 2 aromatic heterocycles. The number of aromatic nitrogens is 4. The van der Waals surface area contributed by atoms with Crippen LogP contribution in [0.5, 0.6) is 5.75 Å². The minimum absolute atomic E-state index is 0.567. The molecule has 0 spiro atoms. The van der Waals surface area contributed by atoms with Crippen LogP contribution in [-0.4, -0.2) is 27.3 Å². The molecule has 15 heavy (non-hydrogen) atoms. The Hall–Kier alpha value is -2.11. The number of aromatic amines is 1. The van der Waals surface area contributed by atoms with E-state index in [2.05, 4.69) is 25.5 Å². The van der Waals surface area contributed by atoms with Gasteiger partial charge in [0.05, 0.1) is 25.7 Å². The first-order valence-corrected chi connectivity index (χ1v) is 4.46. The van der Waals surface area contributed by atoms with Crippen LogP contribution in [-0.2, 0) is 6.54 Å². The number of nitrogens with one attached hydrogen (secondary N) is 2. The van der Waals surface area contributed by atoms with Crippen LogP contribution in [0.4, 0.5) is 5.95 Å². The van der Waals surface area contributed by atoms with E-state index in [4.69, 9.17) is 4.74 Å². The second-order valence-corrected chi connectivity index (χ2v) is 2.91. The summed E-state index contributed by atoms with van der Waals surface area (Å²) in [6, 6.07) is 0. The summed E-state index contributed by atoms with van der Waals surface area (Å²) in [6.07, 6.45) is 6.79. The largest absolute Gasteiger partial charge is 0.494 e. The molecular weight excluding hydrogens is 194 g/mol. The average Bonchev–Trinajstić information content (AvgIpc) is 2.80. The normalized spacial score (nSPS) is 9.93. The molecule has 2 N–H and O–H groups in total. The van der Waals surface area contributed by atoms with Crippen molar-refractivity contribution in [1.82, 2.24) is 20.2 Å². The summed E-state index contributed by atoms with van der Waals surface area (Å²) in [5.74, 6) is 1.21. The molecule has 0 saturated heterocycles. The predicted octanol–water partition coefficient (Wildman–Crippen LogP) is 0.820. The van der Waals surface area contributed by atoms with Crippen LogP contribution in [0.2, 0.25) is 0 Å². The Bertz CT molecular complexity index is 397. The van der Waals surface area contributed by atoms with Crippen LogP contribution in [0.25, 0.3) is 0 Å². The highest BCUT2D eigenvalue weighted by molar-refractivity contribution is 5.28. The van der Waals surface area contributed by atoms with Crippen LogP contribution in [0, 0.1) is 0 Å². The zero-order valence-corrected chi connectivity index (χ0v) is 8.27. The third-order valence-corrected chi connectivity index (χ3v) is 1.87. The van der Waals surface area contributed by atoms with E-state index in [1.54, 1.807) is 25.7 Å². The van der Waals surface area contributed by atoms with Crippen molar-refractivity contribution in [2.45, 2.75) is 6.54 Å². The van der Waals surface area contributed by atoms with Gasteiger partial charge in [-0.15, -0.1) is 0 Å². The Morgan fingerprint density at radius 2 is 2.13 bits per heavy atom. The Morgan fingerprint density at radius 1 is 1.33 bits per heavy atom. The molecule has 0 unspecified atom stereocenters. The molecule has 0 aliphatic heterocycles. The van der Waals surface area contributed by atoms with Gasteiger partial charge in [0.2, 0.25) is 5.95 Å². The quantitative estimate of drug-likeness (QED) is 0.772. The first-order valence-electron chi connectivity index (χ1n) is 4.46. The van der Waals surface area contributed by atoms with Gasteiger partial charge in [-0.3, -0.25) is 5.10 Å². The number of anilines is 1. The molecule has 0 radical (unpaired) electrons. The van der Waals surface area contributed by atoms with Crippen molar-refractivity contribution in [3.8, 4) is 5.75 Å². The van der Waals surface area contributed by atoms with Crippen LogP contribution in [0.15, 0.2) is 24.8 Å². The maximum absolute atomic E-state index is 4.95. The predicted molar refractivity (Wildman–Crippen MR) is 54.5 cm³/mol. The molecule has 0 aliphatic rings. The van der Waals surface area contributed by atoms with Gasteiger partial charge in [-0.05, 0) is 0 Å². The van der Waals surface area contributed by atoms with Gasteiger partial charge >= 0.3 is 0 Å². The lowest BCUT2D eigenvalue weighted by atomic mass is 10.4. The molecule has 6 nitrogen and oxygen atoms in total. The average molecular weight is 205 g/mol. The lowest BCUT2D eigenvalue weighted by Crippen LogP contribution is -2.02. The summed E-state index contributed by atoms with van der Waals surface area (Å²) in [6.45, 7) is 0.642. The van der Waals surface area contributed by atoms with Crippen LogP contribution < -0.4 is 10.1 Å². The van der Waals surface area contributed by atoms with Gasteiger partial charge < -0.3 is 10.1 Å². The Balaban J connectivity index is 1.93. The zero-order valence-electron chi connectivity index (χ0n) is 8.27. The molecule has 2 heterocycles. The van der Waals surface area contributed by atoms with Crippen molar-refractivity contribution in [3.05, 3.63) is 30.4 Å². The summed E-state index contributed by atoms with van der Waals surface area (Å²) < 4.78 is 4.95. The molecule has 78 valence electrons. The van der Waals surface area contributed by atoms with Gasteiger partial charge in [0.15, 0.2) is 5.75 Å². The van der Waals surface area contributed by atoms with Crippen LogP contribution in [0.3, 0.4) is 0 Å². The summed E-state index contributed by atoms with van der Waals surface area (Å²) in [5, 5.41) is 9.63. The van der Waals surface area contributed by atoms with Gasteiger partial charge in [-0.2, -0.15) is 5.10 Å². The Kier molecular flexibility index (Phi) is 2.77. The van der Waals surface area contributed by atoms with Crippen molar-refractivity contribution in [1.29, 1.82) is 0 Å². The monoisotopic (exact) mass is 205 g/mol. The molecule has 6 heteroatoms. The van der Waals surface area contributed by atoms with Crippen molar-refractivity contribution >= 4 is 5.95 Å². The third-order valence-electron chi connectivity index (χ3n) is 1.87. The van der Waals surface area contributed by atoms with E-state index in [0.717, 1.165) is 5.56 Å². The molecule has 2 rings (SSSR count). The number of rotatable bonds is 4. The number of nitrogens with zero attached hydrogens (tertiary/aromatic N) is 3. The summed E-state index contributed by atoms with van der Waals surface area (Å²) in [5.41, 5.74) is 1.05. The highest BCUT2D eigenvalue weighted by Gasteiger charge is 1.97. The smallest absolute Gasteiger partial charge is 0.223 e. The molecule has 0 aromatic carbocycles. The lowest BCUT2D eigenvalue weighted by Gasteiger charge is -2.03. The molecular formula is C9H11N5O. The number of methoxy groups -OCH3 is 1. The molecule has 0 fully saturated rings. The number of hydrogen-bond acceptors (Lipinski definition) is 5. The zero-order chi connectivity index (χ0) is 10.5. The molecule has 0 bridgehead atoms. The highest BCUT2D eigenvalue weighted by Crippen LogP contribution is 2.07. The number of ether oxygens (including phenoxy) is 1. The first-order chi connectivity index (χ1) is 7.38. The minimum atomic E-state index is 0.567. The lowest BCUT2D eigenvalue weighted by molar-refractivity contribution is 0.411. The number of hydrogen-bond donors (Lipinski definition) is 2. The van der Waals surface area contributed by atoms with Crippen LogP contribution in [0.1, 0.15) is 5.56 Å². The maximum Gasteiger partial charge on any atom is 0.223 e. The van der Waals surface area contributed by atoms with Gasteiger partial charge in [0.1, 0.15) is 0 Å². The highest BCUT2D eigenvalue weighted by atomic mass is 16.5. The standard InChI is InChI=1S/C9H11N5O/c1-15-8-5-11-9(12-6-8)10-2-7-3-13-14-4-7/h3-6H,2H2,1H3,(H,13,14)(H,10,11,12). The van der Waals surface area contributed by atoms with E-state index in [9.17, 15) is 0 Å². The van der Waals surface area contributed by atoms with Gasteiger partial charge in [-0.1, -0.05) is 0 Å². The number of H-pyrrole nitrogens is 1. The second-order valence-electron chi connectivity index (χ2n) is 2.91. The first kappa shape index (κ1) is 9.45. The van der Waals surface area contributed by atoms with E-state index in [1.165, 1.54) is 0 Å².